The van der Waals surface area contributed by atoms with Crippen LogP contribution in [0.4, 0.5) is 0 Å². The van der Waals surface area contributed by atoms with Gasteiger partial charge in [0.2, 0.25) is 5.91 Å². The lowest BCUT2D eigenvalue weighted by Crippen LogP contribution is -2.61. The van der Waals surface area contributed by atoms with E-state index in [1.54, 1.807) is 7.05 Å². The molecule has 0 aliphatic carbocycles. The maximum atomic E-state index is 11.4. The third kappa shape index (κ3) is 3.17. The van der Waals surface area contributed by atoms with Crippen molar-refractivity contribution in [2.45, 2.75) is 31.9 Å². The molecule has 1 rings (SSSR count). The molecular weight excluding hydrogens is 206 g/mol. The van der Waals surface area contributed by atoms with Crippen LogP contribution in [-0.2, 0) is 9.53 Å². The SMILES string of the molecule is CNC(C)(CN1CCOC(C)(C)C1)C(N)=O. The molecule has 0 saturated carbocycles. The normalized spacial score (nSPS) is 25.0. The van der Waals surface area contributed by atoms with Gasteiger partial charge < -0.3 is 15.8 Å². The zero-order valence-electron chi connectivity index (χ0n) is 10.7. The predicted molar refractivity (Wildman–Crippen MR) is 63.1 cm³/mol. The van der Waals surface area contributed by atoms with Gasteiger partial charge in [0.25, 0.3) is 0 Å². The largest absolute Gasteiger partial charge is 0.373 e. The highest BCUT2D eigenvalue weighted by atomic mass is 16.5. The Balaban J connectivity index is 2.62. The first-order chi connectivity index (χ1) is 7.29. The minimum Gasteiger partial charge on any atom is -0.373 e. The molecule has 1 aliphatic rings. The number of morpholine rings is 1. The Kier molecular flexibility index (Phi) is 3.93. The second kappa shape index (κ2) is 4.69. The van der Waals surface area contributed by atoms with Gasteiger partial charge in [-0.1, -0.05) is 0 Å². The summed E-state index contributed by atoms with van der Waals surface area (Å²) in [4.78, 5) is 13.6. The Morgan fingerprint density at radius 1 is 1.62 bits per heavy atom. The molecule has 3 N–H and O–H groups in total. The molecular formula is C11H23N3O2. The quantitative estimate of drug-likeness (QED) is 0.686. The summed E-state index contributed by atoms with van der Waals surface area (Å²) < 4.78 is 5.63. The molecule has 1 heterocycles. The first-order valence-electron chi connectivity index (χ1n) is 5.64. The van der Waals surface area contributed by atoms with Crippen LogP contribution in [0.1, 0.15) is 20.8 Å². The van der Waals surface area contributed by atoms with Gasteiger partial charge in [0.05, 0.1) is 12.2 Å². The van der Waals surface area contributed by atoms with Crippen LogP contribution in [0.5, 0.6) is 0 Å². The van der Waals surface area contributed by atoms with Crippen LogP contribution in [0.25, 0.3) is 0 Å². The average molecular weight is 229 g/mol. The molecule has 0 radical (unpaired) electrons. The van der Waals surface area contributed by atoms with Crippen LogP contribution in [0, 0.1) is 0 Å². The van der Waals surface area contributed by atoms with Crippen LogP contribution < -0.4 is 11.1 Å². The number of primary amides is 1. The standard InChI is InChI=1S/C11H23N3O2/c1-10(2)7-14(5-6-16-10)8-11(3,13-4)9(12)15/h13H,5-8H2,1-4H3,(H2,12,15). The number of rotatable bonds is 4. The van der Waals surface area contributed by atoms with Gasteiger partial charge in [-0.05, 0) is 27.8 Å². The number of ether oxygens (including phenoxy) is 1. The minimum atomic E-state index is -0.673. The van der Waals surface area contributed by atoms with E-state index in [4.69, 9.17) is 10.5 Å². The molecule has 16 heavy (non-hydrogen) atoms. The minimum absolute atomic E-state index is 0.148. The molecule has 1 amide bonds. The maximum Gasteiger partial charge on any atom is 0.238 e. The Bertz CT molecular complexity index is 268. The number of hydrogen-bond acceptors (Lipinski definition) is 4. The lowest BCUT2D eigenvalue weighted by molar-refractivity contribution is -0.127. The van der Waals surface area contributed by atoms with Crippen molar-refractivity contribution in [2.24, 2.45) is 5.73 Å². The van der Waals surface area contributed by atoms with Crippen molar-refractivity contribution in [1.29, 1.82) is 0 Å². The Morgan fingerprint density at radius 3 is 2.69 bits per heavy atom. The van der Waals surface area contributed by atoms with Gasteiger partial charge >= 0.3 is 0 Å². The Labute approximate surface area is 97.3 Å². The number of likely N-dealkylation sites (N-methyl/N-ethyl adjacent to an activating group) is 1. The van der Waals surface area contributed by atoms with Gasteiger partial charge in [0, 0.05) is 19.6 Å². The molecule has 94 valence electrons. The zero-order valence-corrected chi connectivity index (χ0v) is 10.7. The molecule has 1 aliphatic heterocycles. The van der Waals surface area contributed by atoms with Crippen molar-refractivity contribution in [3.05, 3.63) is 0 Å². The summed E-state index contributed by atoms with van der Waals surface area (Å²) in [5.41, 5.74) is 4.59. The van der Waals surface area contributed by atoms with E-state index in [1.807, 2.05) is 6.92 Å². The number of carbonyl (C=O) groups excluding carboxylic acids is 1. The highest BCUT2D eigenvalue weighted by Crippen LogP contribution is 2.18. The third-order valence-electron chi connectivity index (χ3n) is 3.14. The van der Waals surface area contributed by atoms with Crippen molar-refractivity contribution < 1.29 is 9.53 Å². The van der Waals surface area contributed by atoms with Crippen molar-refractivity contribution in [3.8, 4) is 0 Å². The fourth-order valence-electron chi connectivity index (χ4n) is 1.98. The van der Waals surface area contributed by atoms with E-state index in [0.29, 0.717) is 13.2 Å². The summed E-state index contributed by atoms with van der Waals surface area (Å²) in [6, 6.07) is 0. The molecule has 0 spiro atoms. The van der Waals surface area contributed by atoms with E-state index in [-0.39, 0.29) is 11.5 Å². The summed E-state index contributed by atoms with van der Waals surface area (Å²) in [6.45, 7) is 8.92. The molecule has 1 fully saturated rings. The monoisotopic (exact) mass is 229 g/mol. The first kappa shape index (κ1) is 13.4. The summed E-state index contributed by atoms with van der Waals surface area (Å²) in [7, 11) is 1.76. The topological polar surface area (TPSA) is 67.6 Å². The van der Waals surface area contributed by atoms with E-state index in [1.165, 1.54) is 0 Å². The average Bonchev–Trinajstić information content (AvgIpc) is 2.15. The number of carbonyl (C=O) groups is 1. The summed E-state index contributed by atoms with van der Waals surface area (Å²) >= 11 is 0. The van der Waals surface area contributed by atoms with Crippen molar-refractivity contribution in [1.82, 2.24) is 10.2 Å². The highest BCUT2D eigenvalue weighted by Gasteiger charge is 2.35. The van der Waals surface area contributed by atoms with Crippen LogP contribution in [0.3, 0.4) is 0 Å². The summed E-state index contributed by atoms with van der Waals surface area (Å²) in [6.07, 6.45) is 0. The van der Waals surface area contributed by atoms with Gasteiger partial charge in [-0.25, -0.2) is 0 Å². The van der Waals surface area contributed by atoms with Crippen molar-refractivity contribution in [2.75, 3.05) is 33.3 Å². The van der Waals surface area contributed by atoms with E-state index in [0.717, 1.165) is 13.1 Å². The Hall–Kier alpha value is -0.650. The Morgan fingerprint density at radius 2 is 2.25 bits per heavy atom. The molecule has 0 aromatic carbocycles. The van der Waals surface area contributed by atoms with Crippen LogP contribution in [0.15, 0.2) is 0 Å². The van der Waals surface area contributed by atoms with Gasteiger partial charge in [-0.3, -0.25) is 9.69 Å². The summed E-state index contributed by atoms with van der Waals surface area (Å²) in [5, 5.41) is 3.00. The smallest absolute Gasteiger partial charge is 0.238 e. The maximum absolute atomic E-state index is 11.4. The number of nitrogens with zero attached hydrogens (tertiary/aromatic N) is 1. The highest BCUT2D eigenvalue weighted by molar-refractivity contribution is 5.84. The second-order valence-corrected chi connectivity index (χ2v) is 5.27. The van der Waals surface area contributed by atoms with Gasteiger partial charge in [-0.2, -0.15) is 0 Å². The number of hydrogen-bond donors (Lipinski definition) is 2. The molecule has 1 atom stereocenters. The fourth-order valence-corrected chi connectivity index (χ4v) is 1.98. The van der Waals surface area contributed by atoms with E-state index >= 15 is 0 Å². The van der Waals surface area contributed by atoms with Gasteiger partial charge in [-0.15, -0.1) is 0 Å². The molecule has 5 nitrogen and oxygen atoms in total. The van der Waals surface area contributed by atoms with Crippen LogP contribution in [0.2, 0.25) is 0 Å². The summed E-state index contributed by atoms with van der Waals surface area (Å²) in [5.74, 6) is -0.320. The van der Waals surface area contributed by atoms with Crippen molar-refractivity contribution in [3.63, 3.8) is 0 Å². The number of amides is 1. The van der Waals surface area contributed by atoms with Crippen molar-refractivity contribution >= 4 is 5.91 Å². The molecule has 0 aromatic heterocycles. The van der Waals surface area contributed by atoms with E-state index in [2.05, 4.69) is 24.1 Å². The van der Waals surface area contributed by atoms with E-state index < -0.39 is 5.54 Å². The predicted octanol–water partition coefficient (Wildman–Crippen LogP) is -0.439. The lowest BCUT2D eigenvalue weighted by atomic mass is 9.99. The van der Waals surface area contributed by atoms with Gasteiger partial charge in [0.1, 0.15) is 5.54 Å². The van der Waals surface area contributed by atoms with Crippen LogP contribution in [-0.4, -0.2) is 55.2 Å². The van der Waals surface area contributed by atoms with Gasteiger partial charge in [0.15, 0.2) is 0 Å². The van der Waals surface area contributed by atoms with Crippen LogP contribution >= 0.6 is 0 Å². The first-order valence-corrected chi connectivity index (χ1v) is 5.64. The second-order valence-electron chi connectivity index (χ2n) is 5.27. The number of nitrogens with one attached hydrogen (secondary N) is 1. The number of nitrogens with two attached hydrogens (primary N) is 1. The van der Waals surface area contributed by atoms with E-state index in [9.17, 15) is 4.79 Å². The molecule has 1 unspecified atom stereocenters. The molecule has 0 aromatic rings. The zero-order chi connectivity index (χ0) is 12.4. The third-order valence-corrected chi connectivity index (χ3v) is 3.14. The molecule has 1 saturated heterocycles. The lowest BCUT2D eigenvalue weighted by Gasteiger charge is -2.41. The fraction of sp³-hybridized carbons (Fsp3) is 0.909. The molecule has 5 heteroatoms. The molecule has 0 bridgehead atoms.